The SMILES string of the molecule is CN(CCCCc1ccccc1)C(=O)Cn1cc(C(=O)O)nn1. The minimum atomic E-state index is -1.15. The van der Waals surface area contributed by atoms with Gasteiger partial charge in [-0.2, -0.15) is 0 Å². The van der Waals surface area contributed by atoms with Gasteiger partial charge < -0.3 is 10.0 Å². The number of benzene rings is 1. The van der Waals surface area contributed by atoms with Gasteiger partial charge in [0.2, 0.25) is 5.91 Å². The van der Waals surface area contributed by atoms with E-state index in [4.69, 9.17) is 5.11 Å². The van der Waals surface area contributed by atoms with Crippen molar-refractivity contribution in [2.45, 2.75) is 25.8 Å². The number of carbonyl (C=O) groups excluding carboxylic acids is 1. The van der Waals surface area contributed by atoms with E-state index in [9.17, 15) is 9.59 Å². The molecule has 0 spiro atoms. The van der Waals surface area contributed by atoms with Crippen molar-refractivity contribution in [2.75, 3.05) is 13.6 Å². The van der Waals surface area contributed by atoms with E-state index in [0.29, 0.717) is 6.54 Å². The molecule has 2 rings (SSSR count). The maximum atomic E-state index is 12.0. The molecule has 7 heteroatoms. The van der Waals surface area contributed by atoms with Crippen LogP contribution in [0.1, 0.15) is 28.9 Å². The van der Waals surface area contributed by atoms with Crippen LogP contribution in [-0.2, 0) is 17.8 Å². The van der Waals surface area contributed by atoms with E-state index in [2.05, 4.69) is 22.4 Å². The molecule has 0 aliphatic carbocycles. The van der Waals surface area contributed by atoms with Gasteiger partial charge in [-0.15, -0.1) is 5.10 Å². The van der Waals surface area contributed by atoms with Crippen LogP contribution >= 0.6 is 0 Å². The summed E-state index contributed by atoms with van der Waals surface area (Å²) >= 11 is 0. The lowest BCUT2D eigenvalue weighted by atomic mass is 10.1. The Bertz CT molecular complexity index is 654. The van der Waals surface area contributed by atoms with Crippen LogP contribution in [0.4, 0.5) is 0 Å². The Morgan fingerprint density at radius 3 is 2.61 bits per heavy atom. The summed E-state index contributed by atoms with van der Waals surface area (Å²) in [7, 11) is 1.74. The summed E-state index contributed by atoms with van der Waals surface area (Å²) in [6.07, 6.45) is 4.17. The molecule has 0 fully saturated rings. The van der Waals surface area contributed by atoms with Crippen molar-refractivity contribution >= 4 is 11.9 Å². The Balaban J connectivity index is 1.71. The number of aromatic carboxylic acids is 1. The number of hydrogen-bond donors (Lipinski definition) is 1. The van der Waals surface area contributed by atoms with E-state index >= 15 is 0 Å². The normalized spacial score (nSPS) is 10.5. The van der Waals surface area contributed by atoms with Crippen molar-refractivity contribution in [1.29, 1.82) is 0 Å². The second-order valence-corrected chi connectivity index (χ2v) is 5.36. The molecular weight excluding hydrogens is 296 g/mol. The molecular formula is C16H20N4O3. The molecule has 0 unspecified atom stereocenters. The van der Waals surface area contributed by atoms with Crippen LogP contribution < -0.4 is 0 Å². The van der Waals surface area contributed by atoms with Gasteiger partial charge in [-0.05, 0) is 24.8 Å². The Hall–Kier alpha value is -2.70. The van der Waals surface area contributed by atoms with Crippen molar-refractivity contribution in [1.82, 2.24) is 19.9 Å². The van der Waals surface area contributed by atoms with Gasteiger partial charge >= 0.3 is 5.97 Å². The first-order valence-electron chi connectivity index (χ1n) is 7.47. The first kappa shape index (κ1) is 16.7. The van der Waals surface area contributed by atoms with Gasteiger partial charge in [0.25, 0.3) is 0 Å². The maximum absolute atomic E-state index is 12.0. The van der Waals surface area contributed by atoms with E-state index in [0.717, 1.165) is 19.3 Å². The van der Waals surface area contributed by atoms with E-state index in [1.54, 1.807) is 11.9 Å². The highest BCUT2D eigenvalue weighted by molar-refractivity contribution is 5.84. The van der Waals surface area contributed by atoms with Crippen molar-refractivity contribution in [3.8, 4) is 0 Å². The molecule has 0 aliphatic heterocycles. The lowest BCUT2D eigenvalue weighted by molar-refractivity contribution is -0.130. The van der Waals surface area contributed by atoms with Crippen molar-refractivity contribution in [3.63, 3.8) is 0 Å². The number of amides is 1. The first-order chi connectivity index (χ1) is 11.1. The third kappa shape index (κ3) is 5.21. The number of likely N-dealkylation sites (N-methyl/N-ethyl adjacent to an activating group) is 1. The van der Waals surface area contributed by atoms with E-state index in [1.807, 2.05) is 18.2 Å². The number of hydrogen-bond acceptors (Lipinski definition) is 4. The summed E-state index contributed by atoms with van der Waals surface area (Å²) in [6.45, 7) is 0.654. The summed E-state index contributed by atoms with van der Waals surface area (Å²) in [5.41, 5.74) is 1.13. The van der Waals surface area contributed by atoms with Gasteiger partial charge in [0.1, 0.15) is 6.54 Å². The lowest BCUT2D eigenvalue weighted by Gasteiger charge is -2.16. The number of carboxylic acid groups (broad SMARTS) is 1. The summed E-state index contributed by atoms with van der Waals surface area (Å²) in [4.78, 5) is 24.4. The van der Waals surface area contributed by atoms with E-state index in [-0.39, 0.29) is 18.1 Å². The number of carbonyl (C=O) groups is 2. The Morgan fingerprint density at radius 2 is 1.96 bits per heavy atom. The summed E-state index contributed by atoms with van der Waals surface area (Å²) < 4.78 is 1.24. The van der Waals surface area contributed by atoms with Crippen molar-refractivity contribution in [2.24, 2.45) is 0 Å². The molecule has 1 heterocycles. The highest BCUT2D eigenvalue weighted by atomic mass is 16.4. The second-order valence-electron chi connectivity index (χ2n) is 5.36. The van der Waals surface area contributed by atoms with Crippen LogP contribution in [0.5, 0.6) is 0 Å². The number of aromatic nitrogens is 3. The number of nitrogens with zero attached hydrogens (tertiary/aromatic N) is 4. The highest BCUT2D eigenvalue weighted by Crippen LogP contribution is 2.05. The lowest BCUT2D eigenvalue weighted by Crippen LogP contribution is -2.31. The summed E-state index contributed by atoms with van der Waals surface area (Å²) in [5.74, 6) is -1.27. The smallest absolute Gasteiger partial charge is 0.358 e. The zero-order valence-corrected chi connectivity index (χ0v) is 13.1. The molecule has 122 valence electrons. The summed E-state index contributed by atoms with van der Waals surface area (Å²) in [6, 6.07) is 10.2. The molecule has 1 aromatic heterocycles. The molecule has 2 aromatic rings. The molecule has 0 radical (unpaired) electrons. The zero-order chi connectivity index (χ0) is 16.7. The fraction of sp³-hybridized carbons (Fsp3) is 0.375. The second kappa shape index (κ2) is 8.07. The molecule has 23 heavy (non-hydrogen) atoms. The molecule has 0 aliphatic rings. The van der Waals surface area contributed by atoms with Crippen LogP contribution in [0, 0.1) is 0 Å². The van der Waals surface area contributed by atoms with Gasteiger partial charge in [0, 0.05) is 13.6 Å². The predicted molar refractivity (Wildman–Crippen MR) is 84.0 cm³/mol. The van der Waals surface area contributed by atoms with Gasteiger partial charge in [0.15, 0.2) is 5.69 Å². The third-order valence-electron chi connectivity index (χ3n) is 3.53. The van der Waals surface area contributed by atoms with Crippen LogP contribution in [-0.4, -0.2) is 50.5 Å². The highest BCUT2D eigenvalue weighted by Gasteiger charge is 2.13. The monoisotopic (exact) mass is 316 g/mol. The average molecular weight is 316 g/mol. The minimum absolute atomic E-state index is 0.00450. The van der Waals surface area contributed by atoms with Gasteiger partial charge in [-0.25, -0.2) is 9.48 Å². The molecule has 0 saturated heterocycles. The number of carboxylic acids is 1. The van der Waals surface area contributed by atoms with Crippen LogP contribution in [0.3, 0.4) is 0 Å². The van der Waals surface area contributed by atoms with E-state index in [1.165, 1.54) is 16.4 Å². The quantitative estimate of drug-likeness (QED) is 0.745. The molecule has 0 saturated carbocycles. The molecule has 1 amide bonds. The van der Waals surface area contributed by atoms with Crippen LogP contribution in [0.2, 0.25) is 0 Å². The molecule has 0 bridgehead atoms. The molecule has 0 atom stereocenters. The summed E-state index contributed by atoms with van der Waals surface area (Å²) in [5, 5.41) is 15.9. The van der Waals surface area contributed by atoms with Gasteiger partial charge in [-0.1, -0.05) is 35.5 Å². The standard InChI is InChI=1S/C16H20N4O3/c1-19(10-6-5-9-13-7-3-2-4-8-13)15(21)12-20-11-14(16(22)23)17-18-20/h2-4,7-8,11H,5-6,9-10,12H2,1H3,(H,22,23). The zero-order valence-electron chi connectivity index (χ0n) is 13.1. The van der Waals surface area contributed by atoms with Crippen molar-refractivity contribution in [3.05, 3.63) is 47.8 Å². The Morgan fingerprint density at radius 1 is 1.22 bits per heavy atom. The predicted octanol–water partition coefficient (Wildman–Crippen LogP) is 1.46. The number of unbranched alkanes of at least 4 members (excludes halogenated alkanes) is 1. The Labute approximate surface area is 134 Å². The van der Waals surface area contributed by atoms with Crippen LogP contribution in [0.15, 0.2) is 36.5 Å². The third-order valence-corrected chi connectivity index (χ3v) is 3.53. The van der Waals surface area contributed by atoms with E-state index < -0.39 is 5.97 Å². The fourth-order valence-corrected chi connectivity index (χ4v) is 2.18. The topological polar surface area (TPSA) is 88.3 Å². The number of aryl methyl sites for hydroxylation is 1. The minimum Gasteiger partial charge on any atom is -0.476 e. The van der Waals surface area contributed by atoms with Gasteiger partial charge in [-0.3, -0.25) is 4.79 Å². The Kier molecular flexibility index (Phi) is 5.85. The maximum Gasteiger partial charge on any atom is 0.358 e. The van der Waals surface area contributed by atoms with Crippen molar-refractivity contribution < 1.29 is 14.7 Å². The van der Waals surface area contributed by atoms with Crippen LogP contribution in [0.25, 0.3) is 0 Å². The average Bonchev–Trinajstić information content (AvgIpc) is 3.01. The number of rotatable bonds is 8. The fourth-order valence-electron chi connectivity index (χ4n) is 2.18. The molecule has 7 nitrogen and oxygen atoms in total. The molecule has 1 aromatic carbocycles. The van der Waals surface area contributed by atoms with Gasteiger partial charge in [0.05, 0.1) is 6.20 Å². The largest absolute Gasteiger partial charge is 0.476 e. The first-order valence-corrected chi connectivity index (χ1v) is 7.47. The molecule has 1 N–H and O–H groups in total.